The summed E-state index contributed by atoms with van der Waals surface area (Å²) in [4.78, 5) is 0. The first-order valence-electron chi connectivity index (χ1n) is 5.42. The van der Waals surface area contributed by atoms with Gasteiger partial charge in [-0.2, -0.15) is 0 Å². The van der Waals surface area contributed by atoms with Crippen molar-refractivity contribution in [2.75, 3.05) is 12.4 Å². The topological polar surface area (TPSA) is 24.1 Å². The quantitative estimate of drug-likeness (QED) is 0.754. The SMILES string of the molecule is C=C(/C=C(/C)Nc1cc(C)ccc1C)NC. The molecule has 0 spiro atoms. The summed E-state index contributed by atoms with van der Waals surface area (Å²) in [6.45, 7) is 10.1. The maximum Gasteiger partial charge on any atom is 0.0414 e. The third-order valence-electron chi connectivity index (χ3n) is 2.44. The van der Waals surface area contributed by atoms with Gasteiger partial charge in [-0.3, -0.25) is 0 Å². The van der Waals surface area contributed by atoms with Crippen LogP contribution >= 0.6 is 0 Å². The van der Waals surface area contributed by atoms with E-state index < -0.39 is 0 Å². The first-order valence-corrected chi connectivity index (χ1v) is 5.42. The van der Waals surface area contributed by atoms with Gasteiger partial charge in [0.15, 0.2) is 0 Å². The van der Waals surface area contributed by atoms with E-state index in [1.54, 1.807) is 0 Å². The van der Waals surface area contributed by atoms with Crippen LogP contribution in [0.1, 0.15) is 18.1 Å². The van der Waals surface area contributed by atoms with E-state index in [1.165, 1.54) is 11.1 Å². The highest BCUT2D eigenvalue weighted by Gasteiger charge is 1.98. The summed E-state index contributed by atoms with van der Waals surface area (Å²) in [7, 11) is 1.87. The van der Waals surface area contributed by atoms with Gasteiger partial charge in [0.25, 0.3) is 0 Å². The number of nitrogens with one attached hydrogen (secondary N) is 2. The standard InChI is InChI=1S/C14H20N2/c1-10-6-7-11(2)14(8-10)16-13(4)9-12(3)15-5/h6-9,15-16H,3H2,1-2,4-5H3/b13-9-. The molecule has 0 unspecified atom stereocenters. The number of anilines is 1. The van der Waals surface area contributed by atoms with Gasteiger partial charge in [-0.15, -0.1) is 0 Å². The molecule has 0 atom stereocenters. The molecule has 2 nitrogen and oxygen atoms in total. The zero-order chi connectivity index (χ0) is 12.1. The molecule has 0 heterocycles. The Kier molecular flexibility index (Phi) is 4.18. The number of allylic oxidation sites excluding steroid dienone is 2. The summed E-state index contributed by atoms with van der Waals surface area (Å²) in [5.41, 5.74) is 5.63. The average molecular weight is 216 g/mol. The van der Waals surface area contributed by atoms with Crippen molar-refractivity contribution in [2.24, 2.45) is 0 Å². The third-order valence-corrected chi connectivity index (χ3v) is 2.44. The molecule has 0 bridgehead atoms. The van der Waals surface area contributed by atoms with Gasteiger partial charge in [-0.25, -0.2) is 0 Å². The normalized spacial score (nSPS) is 11.1. The molecule has 86 valence electrons. The van der Waals surface area contributed by atoms with Crippen molar-refractivity contribution < 1.29 is 0 Å². The maximum atomic E-state index is 3.87. The molecular formula is C14H20N2. The zero-order valence-electron chi connectivity index (χ0n) is 10.5. The van der Waals surface area contributed by atoms with Crippen LogP contribution in [0.4, 0.5) is 5.69 Å². The number of aryl methyl sites for hydroxylation is 2. The van der Waals surface area contributed by atoms with Crippen molar-refractivity contribution in [2.45, 2.75) is 20.8 Å². The van der Waals surface area contributed by atoms with E-state index in [0.717, 1.165) is 17.1 Å². The molecule has 2 N–H and O–H groups in total. The fraction of sp³-hybridized carbons (Fsp3) is 0.286. The van der Waals surface area contributed by atoms with Crippen LogP contribution in [0, 0.1) is 13.8 Å². The van der Waals surface area contributed by atoms with Crippen LogP contribution in [0.3, 0.4) is 0 Å². The van der Waals surface area contributed by atoms with E-state index in [1.807, 2.05) is 20.0 Å². The fourth-order valence-corrected chi connectivity index (χ4v) is 1.45. The molecule has 1 aromatic carbocycles. The molecule has 1 aromatic rings. The second-order valence-electron chi connectivity index (χ2n) is 4.05. The first kappa shape index (κ1) is 12.4. The molecule has 0 radical (unpaired) electrons. The van der Waals surface area contributed by atoms with Crippen molar-refractivity contribution in [1.82, 2.24) is 5.32 Å². The van der Waals surface area contributed by atoms with Crippen molar-refractivity contribution in [3.63, 3.8) is 0 Å². The molecule has 0 saturated heterocycles. The van der Waals surface area contributed by atoms with Crippen molar-refractivity contribution >= 4 is 5.69 Å². The molecule has 0 aliphatic rings. The van der Waals surface area contributed by atoms with Gasteiger partial charge < -0.3 is 10.6 Å². The van der Waals surface area contributed by atoms with Crippen molar-refractivity contribution in [3.8, 4) is 0 Å². The maximum absolute atomic E-state index is 3.87. The Hall–Kier alpha value is -1.70. The van der Waals surface area contributed by atoms with Gasteiger partial charge in [-0.05, 0) is 44.0 Å². The van der Waals surface area contributed by atoms with E-state index in [4.69, 9.17) is 0 Å². The molecule has 0 aliphatic heterocycles. The molecular weight excluding hydrogens is 196 g/mol. The van der Waals surface area contributed by atoms with Gasteiger partial charge in [0, 0.05) is 24.1 Å². The van der Waals surface area contributed by atoms with Crippen LogP contribution < -0.4 is 10.6 Å². The summed E-state index contributed by atoms with van der Waals surface area (Å²) < 4.78 is 0. The van der Waals surface area contributed by atoms with Crippen LogP contribution in [0.2, 0.25) is 0 Å². The highest BCUT2D eigenvalue weighted by molar-refractivity contribution is 5.56. The molecule has 0 aliphatic carbocycles. The Labute approximate surface area is 98.1 Å². The van der Waals surface area contributed by atoms with Crippen LogP contribution in [-0.4, -0.2) is 7.05 Å². The minimum absolute atomic E-state index is 0.898. The number of hydrogen-bond donors (Lipinski definition) is 2. The van der Waals surface area contributed by atoms with Gasteiger partial charge in [0.1, 0.15) is 0 Å². The molecule has 0 saturated carbocycles. The lowest BCUT2D eigenvalue weighted by atomic mass is 10.1. The molecule has 16 heavy (non-hydrogen) atoms. The molecule has 0 aromatic heterocycles. The Bertz CT molecular complexity index is 417. The summed E-state index contributed by atoms with van der Waals surface area (Å²) in [5, 5.41) is 6.37. The molecule has 1 rings (SSSR count). The molecule has 0 fully saturated rings. The first-order chi connectivity index (χ1) is 7.52. The van der Waals surface area contributed by atoms with Crippen molar-refractivity contribution in [1.29, 1.82) is 0 Å². The van der Waals surface area contributed by atoms with Crippen LogP contribution in [0.5, 0.6) is 0 Å². The highest BCUT2D eigenvalue weighted by Crippen LogP contribution is 2.18. The number of rotatable bonds is 4. The summed E-state index contributed by atoms with van der Waals surface area (Å²) in [5.74, 6) is 0. The lowest BCUT2D eigenvalue weighted by Gasteiger charge is -2.11. The minimum Gasteiger partial charge on any atom is -0.389 e. The average Bonchev–Trinajstić information content (AvgIpc) is 2.23. The Morgan fingerprint density at radius 3 is 2.62 bits per heavy atom. The Morgan fingerprint density at radius 2 is 2.00 bits per heavy atom. The monoisotopic (exact) mass is 216 g/mol. The predicted molar refractivity (Wildman–Crippen MR) is 71.5 cm³/mol. The van der Waals surface area contributed by atoms with E-state index >= 15 is 0 Å². The lowest BCUT2D eigenvalue weighted by molar-refractivity contribution is 1.03. The van der Waals surface area contributed by atoms with Gasteiger partial charge in [-0.1, -0.05) is 18.7 Å². The van der Waals surface area contributed by atoms with Gasteiger partial charge in [0.2, 0.25) is 0 Å². The largest absolute Gasteiger partial charge is 0.389 e. The van der Waals surface area contributed by atoms with E-state index in [-0.39, 0.29) is 0 Å². The number of likely N-dealkylation sites (N-methyl/N-ethyl adjacent to an activating group) is 1. The van der Waals surface area contributed by atoms with Crippen LogP contribution in [-0.2, 0) is 0 Å². The van der Waals surface area contributed by atoms with Crippen molar-refractivity contribution in [3.05, 3.63) is 53.4 Å². The minimum atomic E-state index is 0.898. The summed E-state index contributed by atoms with van der Waals surface area (Å²) in [6, 6.07) is 6.39. The lowest BCUT2D eigenvalue weighted by Crippen LogP contribution is -2.04. The van der Waals surface area contributed by atoms with E-state index in [2.05, 4.69) is 49.3 Å². The highest BCUT2D eigenvalue weighted by atomic mass is 14.9. The summed E-state index contributed by atoms with van der Waals surface area (Å²) >= 11 is 0. The summed E-state index contributed by atoms with van der Waals surface area (Å²) in [6.07, 6.45) is 1.99. The molecule has 0 amide bonds. The van der Waals surface area contributed by atoms with E-state index in [0.29, 0.717) is 0 Å². The third kappa shape index (κ3) is 3.46. The van der Waals surface area contributed by atoms with Crippen LogP contribution in [0.15, 0.2) is 42.2 Å². The Morgan fingerprint density at radius 1 is 1.31 bits per heavy atom. The predicted octanol–water partition coefficient (Wildman–Crippen LogP) is 3.35. The second kappa shape index (κ2) is 5.40. The number of hydrogen-bond acceptors (Lipinski definition) is 2. The smallest absolute Gasteiger partial charge is 0.0414 e. The Balaban J connectivity index is 2.84. The van der Waals surface area contributed by atoms with Crippen LogP contribution in [0.25, 0.3) is 0 Å². The van der Waals surface area contributed by atoms with Gasteiger partial charge in [0.05, 0.1) is 0 Å². The van der Waals surface area contributed by atoms with E-state index in [9.17, 15) is 0 Å². The second-order valence-corrected chi connectivity index (χ2v) is 4.05. The molecule has 2 heteroatoms. The zero-order valence-corrected chi connectivity index (χ0v) is 10.5. The number of benzene rings is 1. The fourth-order valence-electron chi connectivity index (χ4n) is 1.45. The van der Waals surface area contributed by atoms with Gasteiger partial charge >= 0.3 is 0 Å².